The van der Waals surface area contributed by atoms with Crippen LogP contribution in [0.25, 0.3) is 0 Å². The Kier molecular flexibility index (Phi) is 4.98. The molecule has 1 aliphatic heterocycles. The molecular weight excluding hydrogens is 536 g/mol. The van der Waals surface area contributed by atoms with Gasteiger partial charge in [-0.05, 0) is 36.8 Å². The fourth-order valence-corrected chi connectivity index (χ4v) is 6.05. The first-order valence-corrected chi connectivity index (χ1v) is 11.9. The average molecular weight is 554 g/mol. The lowest BCUT2D eigenvalue weighted by molar-refractivity contribution is -0.140. The molecule has 32 heavy (non-hydrogen) atoms. The second-order valence-corrected chi connectivity index (χ2v) is 10.0. The highest BCUT2D eigenvalue weighted by molar-refractivity contribution is 9.10. The van der Waals surface area contributed by atoms with Gasteiger partial charge in [0.25, 0.3) is 0 Å². The molecular formula is C26H18Br2O4. The Morgan fingerprint density at radius 2 is 1.50 bits per heavy atom. The minimum Gasteiger partial charge on any atom is -0.425 e. The molecule has 0 radical (unpaired) electrons. The molecule has 1 aliphatic carbocycles. The molecule has 160 valence electrons. The molecule has 3 aromatic rings. The van der Waals surface area contributed by atoms with Crippen LogP contribution in [0.5, 0.6) is 5.75 Å². The highest BCUT2D eigenvalue weighted by Gasteiger charge is 2.88. The number of halogens is 2. The fraction of sp³-hybridized carbons (Fsp3) is 0.192. The van der Waals surface area contributed by atoms with E-state index in [0.29, 0.717) is 28.9 Å². The third kappa shape index (κ3) is 2.69. The largest absolute Gasteiger partial charge is 0.425 e. The van der Waals surface area contributed by atoms with Gasteiger partial charge in [-0.15, -0.1) is 0 Å². The predicted molar refractivity (Wildman–Crippen MR) is 127 cm³/mol. The molecule has 0 bridgehead atoms. The van der Waals surface area contributed by atoms with Gasteiger partial charge in [-0.3, -0.25) is 14.4 Å². The van der Waals surface area contributed by atoms with Gasteiger partial charge in [-0.2, -0.15) is 0 Å². The van der Waals surface area contributed by atoms with Crippen LogP contribution >= 0.6 is 31.9 Å². The molecule has 1 heterocycles. The van der Waals surface area contributed by atoms with Crippen LogP contribution in [0.15, 0.2) is 81.7 Å². The number of ether oxygens (including phenoxy) is 1. The summed E-state index contributed by atoms with van der Waals surface area (Å²) in [7, 11) is 0. The van der Waals surface area contributed by atoms with Crippen LogP contribution in [0.1, 0.15) is 45.5 Å². The van der Waals surface area contributed by atoms with Crippen LogP contribution in [0.3, 0.4) is 0 Å². The quantitative estimate of drug-likeness (QED) is 0.159. The minimum absolute atomic E-state index is 0.216. The van der Waals surface area contributed by atoms with Crippen molar-refractivity contribution in [1.29, 1.82) is 0 Å². The van der Waals surface area contributed by atoms with Crippen molar-refractivity contribution in [2.24, 2.45) is 10.8 Å². The number of Topliss-reactive ketones (excluding diaryl/α,β-unsaturated/α-hetero) is 2. The Labute approximate surface area is 202 Å². The summed E-state index contributed by atoms with van der Waals surface area (Å²) in [6.45, 7) is 1.86. The van der Waals surface area contributed by atoms with Gasteiger partial charge in [0.15, 0.2) is 17.0 Å². The zero-order chi connectivity index (χ0) is 22.7. The van der Waals surface area contributed by atoms with E-state index >= 15 is 0 Å². The summed E-state index contributed by atoms with van der Waals surface area (Å²) in [4.78, 5) is 41.6. The number of fused-ring (bicyclic) bond motifs is 3. The number of esters is 1. The molecule has 3 atom stereocenters. The van der Waals surface area contributed by atoms with Crippen molar-refractivity contribution in [2.45, 2.75) is 19.3 Å². The molecule has 1 saturated carbocycles. The molecule has 0 N–H and O–H groups in total. The van der Waals surface area contributed by atoms with E-state index in [9.17, 15) is 14.4 Å². The van der Waals surface area contributed by atoms with Gasteiger partial charge in [0.2, 0.25) is 0 Å². The van der Waals surface area contributed by atoms with Crippen molar-refractivity contribution >= 4 is 49.4 Å². The molecule has 0 aromatic heterocycles. The van der Waals surface area contributed by atoms with Crippen LogP contribution in [-0.2, 0) is 4.79 Å². The fourth-order valence-electron chi connectivity index (χ4n) is 5.41. The van der Waals surface area contributed by atoms with E-state index in [1.165, 1.54) is 0 Å². The van der Waals surface area contributed by atoms with Crippen molar-refractivity contribution in [1.82, 2.24) is 0 Å². The molecule has 0 unspecified atom stereocenters. The Morgan fingerprint density at radius 1 is 0.875 bits per heavy atom. The summed E-state index contributed by atoms with van der Waals surface area (Å²) >= 11 is 6.88. The lowest BCUT2D eigenvalue weighted by Gasteiger charge is -2.23. The van der Waals surface area contributed by atoms with E-state index < -0.39 is 22.7 Å². The predicted octanol–water partition coefficient (Wildman–Crippen LogP) is 6.38. The van der Waals surface area contributed by atoms with Crippen LogP contribution in [0.2, 0.25) is 0 Å². The summed E-state index contributed by atoms with van der Waals surface area (Å²) in [6, 6.07) is 21.0. The number of hydrogen-bond acceptors (Lipinski definition) is 4. The maximum atomic E-state index is 14.0. The molecule has 6 heteroatoms. The third-order valence-corrected chi connectivity index (χ3v) is 7.84. The van der Waals surface area contributed by atoms with Crippen molar-refractivity contribution in [2.75, 3.05) is 0 Å². The van der Waals surface area contributed by atoms with E-state index in [4.69, 9.17) is 4.74 Å². The van der Waals surface area contributed by atoms with E-state index in [0.717, 1.165) is 8.95 Å². The lowest BCUT2D eigenvalue weighted by Crippen LogP contribution is -2.39. The number of hydrogen-bond donors (Lipinski definition) is 0. The standard InChI is InChI=1S/C26H18Br2O4/c1-2-25(22(29)16-8-10-17(27)11-9-16)21-19-14-18(28)12-13-20(19)32-24(31)26(21,25)23(30)15-6-4-3-5-7-15/h3-14,21H,2H2,1H3/t21-,25-,26-/m0/s1. The second kappa shape index (κ2) is 7.49. The second-order valence-electron chi connectivity index (χ2n) is 8.17. The SMILES string of the molecule is CC[C@@]1(C(=O)c2ccc(Br)cc2)[C@@H]2c3cc(Br)ccc3OC(=O)[C@@]21C(=O)c1ccccc1. The van der Waals surface area contributed by atoms with E-state index in [-0.39, 0.29) is 11.6 Å². The van der Waals surface area contributed by atoms with Gasteiger partial charge in [-0.1, -0.05) is 81.2 Å². The Morgan fingerprint density at radius 3 is 2.16 bits per heavy atom. The Balaban J connectivity index is 1.76. The average Bonchev–Trinajstić information content (AvgIpc) is 3.46. The molecule has 0 amide bonds. The smallest absolute Gasteiger partial charge is 0.327 e. The minimum atomic E-state index is -1.60. The summed E-state index contributed by atoms with van der Waals surface area (Å²) in [5.74, 6) is -1.44. The summed E-state index contributed by atoms with van der Waals surface area (Å²) in [6.07, 6.45) is 0.326. The number of rotatable bonds is 5. The highest BCUT2D eigenvalue weighted by Crippen LogP contribution is 2.80. The highest BCUT2D eigenvalue weighted by atomic mass is 79.9. The molecule has 3 aromatic carbocycles. The molecule has 0 saturated heterocycles. The third-order valence-electron chi connectivity index (χ3n) is 6.82. The zero-order valence-electron chi connectivity index (χ0n) is 17.1. The first-order chi connectivity index (χ1) is 15.4. The van der Waals surface area contributed by atoms with Crippen molar-refractivity contribution < 1.29 is 19.1 Å². The number of carbonyl (C=O) groups excluding carboxylic acids is 3. The van der Waals surface area contributed by atoms with Gasteiger partial charge in [0, 0.05) is 31.6 Å². The van der Waals surface area contributed by atoms with Gasteiger partial charge in [0.1, 0.15) is 5.75 Å². The Bertz CT molecular complexity index is 1270. The lowest BCUT2D eigenvalue weighted by atomic mass is 9.79. The van der Waals surface area contributed by atoms with Crippen LogP contribution < -0.4 is 4.74 Å². The molecule has 1 fully saturated rings. The van der Waals surface area contributed by atoms with Crippen LogP contribution in [0, 0.1) is 10.8 Å². The molecule has 4 nitrogen and oxygen atoms in total. The first-order valence-electron chi connectivity index (χ1n) is 10.3. The molecule has 2 aliphatic rings. The van der Waals surface area contributed by atoms with Gasteiger partial charge >= 0.3 is 5.97 Å². The topological polar surface area (TPSA) is 60.4 Å². The van der Waals surface area contributed by atoms with Gasteiger partial charge in [0.05, 0.1) is 5.41 Å². The van der Waals surface area contributed by atoms with E-state index in [1.807, 2.05) is 19.1 Å². The monoisotopic (exact) mass is 552 g/mol. The normalized spacial score (nSPS) is 25.3. The summed E-state index contributed by atoms with van der Waals surface area (Å²) in [5, 5.41) is 0. The molecule has 0 spiro atoms. The summed E-state index contributed by atoms with van der Waals surface area (Å²) in [5.41, 5.74) is -1.26. The number of ketones is 2. The van der Waals surface area contributed by atoms with Gasteiger partial charge in [-0.25, -0.2) is 0 Å². The summed E-state index contributed by atoms with van der Waals surface area (Å²) < 4.78 is 7.35. The van der Waals surface area contributed by atoms with Crippen LogP contribution in [-0.4, -0.2) is 17.5 Å². The zero-order valence-corrected chi connectivity index (χ0v) is 20.3. The maximum Gasteiger partial charge on any atom is 0.327 e. The van der Waals surface area contributed by atoms with E-state index in [1.54, 1.807) is 60.7 Å². The van der Waals surface area contributed by atoms with Crippen molar-refractivity contribution in [3.63, 3.8) is 0 Å². The van der Waals surface area contributed by atoms with Gasteiger partial charge < -0.3 is 4.74 Å². The number of benzene rings is 3. The van der Waals surface area contributed by atoms with Crippen molar-refractivity contribution in [3.05, 3.63) is 98.4 Å². The van der Waals surface area contributed by atoms with Crippen LogP contribution in [0.4, 0.5) is 0 Å². The maximum absolute atomic E-state index is 14.0. The molecule has 5 rings (SSSR count). The van der Waals surface area contributed by atoms with Crippen molar-refractivity contribution in [3.8, 4) is 5.75 Å². The first kappa shape index (κ1) is 21.3. The number of carbonyl (C=O) groups is 3. The Hall–Kier alpha value is -2.57. The van der Waals surface area contributed by atoms with E-state index in [2.05, 4.69) is 31.9 Å².